The van der Waals surface area contributed by atoms with Crippen LogP contribution in [0.15, 0.2) is 41.1 Å². The van der Waals surface area contributed by atoms with Crippen molar-refractivity contribution >= 4 is 23.2 Å². The zero-order valence-electron chi connectivity index (χ0n) is 15.8. The monoisotopic (exact) mass is 403 g/mol. The molecule has 2 heterocycles. The molecule has 1 saturated heterocycles. The topological polar surface area (TPSA) is 79.9 Å². The lowest BCUT2D eigenvalue weighted by atomic mass is 10.0. The second kappa shape index (κ2) is 10.2. The van der Waals surface area contributed by atoms with Crippen molar-refractivity contribution in [2.75, 3.05) is 40.0 Å². The molecule has 1 aromatic heterocycles. The van der Waals surface area contributed by atoms with E-state index in [4.69, 9.17) is 9.47 Å². The number of morpholine rings is 1. The van der Waals surface area contributed by atoms with Gasteiger partial charge >= 0.3 is 11.8 Å². The molecule has 1 unspecified atom stereocenters. The molecule has 1 aliphatic rings. The maximum Gasteiger partial charge on any atom is 0.309 e. The molecule has 2 amide bonds. The number of methoxy groups -OCH3 is 1. The Morgan fingerprint density at radius 1 is 1.14 bits per heavy atom. The molecule has 1 atom stereocenters. The van der Waals surface area contributed by atoms with Gasteiger partial charge in [0, 0.05) is 26.2 Å². The summed E-state index contributed by atoms with van der Waals surface area (Å²) in [6, 6.07) is 9.66. The number of carbonyl (C=O) groups excluding carboxylic acids is 2. The van der Waals surface area contributed by atoms with Gasteiger partial charge in [-0.1, -0.05) is 12.1 Å². The van der Waals surface area contributed by atoms with E-state index in [1.165, 1.54) is 0 Å². The third kappa shape index (κ3) is 5.54. The SMILES string of the molecule is COc1ccc(C(CNC(=O)C(=O)NCc2ccsc2)N2CCOCC2)cc1. The number of thiophene rings is 1. The maximum absolute atomic E-state index is 12.2. The Morgan fingerprint density at radius 3 is 2.50 bits per heavy atom. The van der Waals surface area contributed by atoms with Crippen molar-refractivity contribution in [1.82, 2.24) is 15.5 Å². The molecule has 7 nitrogen and oxygen atoms in total. The third-order valence-electron chi connectivity index (χ3n) is 4.68. The van der Waals surface area contributed by atoms with Gasteiger partial charge in [-0.3, -0.25) is 14.5 Å². The highest BCUT2D eigenvalue weighted by atomic mass is 32.1. The van der Waals surface area contributed by atoms with E-state index in [1.54, 1.807) is 18.4 Å². The summed E-state index contributed by atoms with van der Waals surface area (Å²) in [7, 11) is 1.63. The Morgan fingerprint density at radius 2 is 1.86 bits per heavy atom. The van der Waals surface area contributed by atoms with E-state index in [1.807, 2.05) is 41.1 Å². The number of benzene rings is 1. The fraction of sp³-hybridized carbons (Fsp3) is 0.400. The summed E-state index contributed by atoms with van der Waals surface area (Å²) in [6.07, 6.45) is 0. The van der Waals surface area contributed by atoms with Crippen molar-refractivity contribution in [3.63, 3.8) is 0 Å². The van der Waals surface area contributed by atoms with Gasteiger partial charge in [0.2, 0.25) is 0 Å². The van der Waals surface area contributed by atoms with Crippen molar-refractivity contribution in [3.8, 4) is 5.75 Å². The van der Waals surface area contributed by atoms with E-state index in [9.17, 15) is 9.59 Å². The van der Waals surface area contributed by atoms with Gasteiger partial charge in [-0.2, -0.15) is 11.3 Å². The quantitative estimate of drug-likeness (QED) is 0.686. The molecule has 1 fully saturated rings. The molecule has 3 rings (SSSR count). The van der Waals surface area contributed by atoms with Gasteiger partial charge in [0.05, 0.1) is 26.4 Å². The Hall–Kier alpha value is -2.42. The van der Waals surface area contributed by atoms with Crippen LogP contribution >= 0.6 is 11.3 Å². The summed E-state index contributed by atoms with van der Waals surface area (Å²) in [4.78, 5) is 26.6. The minimum atomic E-state index is -0.623. The number of hydrogen-bond donors (Lipinski definition) is 2. The summed E-state index contributed by atoms with van der Waals surface area (Å²) in [6.45, 7) is 3.55. The van der Waals surface area contributed by atoms with Gasteiger partial charge in [-0.15, -0.1) is 0 Å². The zero-order chi connectivity index (χ0) is 19.8. The van der Waals surface area contributed by atoms with Gasteiger partial charge in [0.25, 0.3) is 0 Å². The second-order valence-electron chi connectivity index (χ2n) is 6.46. The minimum absolute atomic E-state index is 0.0385. The Balaban J connectivity index is 1.59. The number of nitrogens with zero attached hydrogens (tertiary/aromatic N) is 1. The van der Waals surface area contributed by atoms with E-state index >= 15 is 0 Å². The van der Waals surface area contributed by atoms with Gasteiger partial charge < -0.3 is 20.1 Å². The largest absolute Gasteiger partial charge is 0.497 e. The van der Waals surface area contributed by atoms with Gasteiger partial charge in [-0.05, 0) is 40.1 Å². The molecule has 0 aliphatic carbocycles. The van der Waals surface area contributed by atoms with Crippen LogP contribution in [0.2, 0.25) is 0 Å². The fourth-order valence-electron chi connectivity index (χ4n) is 3.10. The highest BCUT2D eigenvalue weighted by Crippen LogP contribution is 2.23. The van der Waals surface area contributed by atoms with Crippen molar-refractivity contribution in [2.24, 2.45) is 0 Å². The maximum atomic E-state index is 12.2. The van der Waals surface area contributed by atoms with Crippen LogP contribution in [-0.4, -0.2) is 56.7 Å². The van der Waals surface area contributed by atoms with Crippen LogP contribution in [0, 0.1) is 0 Å². The molecule has 2 aromatic rings. The molecular weight excluding hydrogens is 378 g/mol. The molecule has 150 valence electrons. The van der Waals surface area contributed by atoms with E-state index in [0.717, 1.165) is 30.0 Å². The van der Waals surface area contributed by atoms with Gasteiger partial charge in [0.1, 0.15) is 5.75 Å². The molecule has 2 N–H and O–H groups in total. The normalized spacial score (nSPS) is 15.6. The molecule has 1 aromatic carbocycles. The number of nitrogens with one attached hydrogen (secondary N) is 2. The van der Waals surface area contributed by atoms with Crippen LogP contribution in [0.25, 0.3) is 0 Å². The third-order valence-corrected chi connectivity index (χ3v) is 5.41. The summed E-state index contributed by atoms with van der Waals surface area (Å²) < 4.78 is 10.7. The lowest BCUT2D eigenvalue weighted by molar-refractivity contribution is -0.139. The minimum Gasteiger partial charge on any atom is -0.497 e. The Kier molecular flexibility index (Phi) is 7.41. The van der Waals surface area contributed by atoms with Crippen molar-refractivity contribution < 1.29 is 19.1 Å². The number of ether oxygens (including phenoxy) is 2. The lowest BCUT2D eigenvalue weighted by Gasteiger charge is -2.34. The van der Waals surface area contributed by atoms with Crippen molar-refractivity contribution in [1.29, 1.82) is 0 Å². The van der Waals surface area contributed by atoms with Gasteiger partial charge in [0.15, 0.2) is 0 Å². The first kappa shape index (κ1) is 20.3. The molecular formula is C20H25N3O4S. The zero-order valence-corrected chi connectivity index (χ0v) is 16.7. The van der Waals surface area contributed by atoms with E-state index in [-0.39, 0.29) is 6.04 Å². The predicted molar refractivity (Wildman–Crippen MR) is 107 cm³/mol. The standard InChI is InChI=1S/C20H25N3O4S/c1-26-17-4-2-16(3-5-17)18(23-7-9-27-10-8-23)13-22-20(25)19(24)21-12-15-6-11-28-14-15/h2-6,11,14,18H,7-10,12-13H2,1H3,(H,21,24)(H,22,25). The van der Waals surface area contributed by atoms with Crippen molar-refractivity contribution in [3.05, 3.63) is 52.2 Å². The molecule has 0 radical (unpaired) electrons. The molecule has 28 heavy (non-hydrogen) atoms. The van der Waals surface area contributed by atoms with Crippen LogP contribution in [-0.2, 0) is 20.9 Å². The second-order valence-corrected chi connectivity index (χ2v) is 7.24. The van der Waals surface area contributed by atoms with Crippen LogP contribution in [0.1, 0.15) is 17.2 Å². The van der Waals surface area contributed by atoms with Crippen LogP contribution < -0.4 is 15.4 Å². The predicted octanol–water partition coefficient (Wildman–Crippen LogP) is 1.56. The first-order chi connectivity index (χ1) is 13.7. The molecule has 8 heteroatoms. The number of hydrogen-bond acceptors (Lipinski definition) is 6. The molecule has 0 spiro atoms. The summed E-state index contributed by atoms with van der Waals surface area (Å²) in [5, 5.41) is 9.30. The first-order valence-corrected chi connectivity index (χ1v) is 10.1. The number of carbonyl (C=O) groups is 2. The highest BCUT2D eigenvalue weighted by Gasteiger charge is 2.24. The van der Waals surface area contributed by atoms with E-state index in [2.05, 4.69) is 15.5 Å². The molecule has 0 bridgehead atoms. The molecule has 1 aliphatic heterocycles. The Labute approximate surface area is 168 Å². The average molecular weight is 404 g/mol. The number of amides is 2. The lowest BCUT2D eigenvalue weighted by Crippen LogP contribution is -2.46. The van der Waals surface area contributed by atoms with E-state index in [0.29, 0.717) is 26.3 Å². The summed E-state index contributed by atoms with van der Waals surface area (Å²) in [5.41, 5.74) is 2.04. The first-order valence-electron chi connectivity index (χ1n) is 9.20. The summed E-state index contributed by atoms with van der Waals surface area (Å²) in [5.74, 6) is -0.468. The van der Waals surface area contributed by atoms with Crippen molar-refractivity contribution in [2.45, 2.75) is 12.6 Å². The smallest absolute Gasteiger partial charge is 0.309 e. The fourth-order valence-corrected chi connectivity index (χ4v) is 3.77. The van der Waals surface area contributed by atoms with Crippen LogP contribution in [0.4, 0.5) is 0 Å². The van der Waals surface area contributed by atoms with Crippen LogP contribution in [0.3, 0.4) is 0 Å². The average Bonchev–Trinajstić information content (AvgIpc) is 3.27. The summed E-state index contributed by atoms with van der Waals surface area (Å²) >= 11 is 1.55. The molecule has 0 saturated carbocycles. The van der Waals surface area contributed by atoms with E-state index < -0.39 is 11.8 Å². The van der Waals surface area contributed by atoms with Crippen LogP contribution in [0.5, 0.6) is 5.75 Å². The Bertz CT molecular complexity index is 758. The number of rotatable bonds is 7. The highest BCUT2D eigenvalue weighted by molar-refractivity contribution is 7.07. The van der Waals surface area contributed by atoms with Gasteiger partial charge in [-0.25, -0.2) is 0 Å².